The highest BCUT2D eigenvalue weighted by Crippen LogP contribution is 2.21. The molecule has 0 saturated heterocycles. The van der Waals surface area contributed by atoms with Crippen LogP contribution in [0.5, 0.6) is 0 Å². The number of amidine groups is 2. The molecule has 0 aliphatic heterocycles. The molecule has 17 nitrogen and oxygen atoms in total. The fraction of sp³-hybridized carbons (Fsp3) is 0.375. The number of ether oxygens (including phenoxy) is 2. The van der Waals surface area contributed by atoms with Crippen molar-refractivity contribution in [3.05, 3.63) is 214 Å². The van der Waals surface area contributed by atoms with E-state index in [0.29, 0.717) is 48.8 Å². The minimum absolute atomic E-state index is 0.0746. The number of aryl methyl sites for hydroxylation is 2. The van der Waals surface area contributed by atoms with Gasteiger partial charge < -0.3 is 31.2 Å². The van der Waals surface area contributed by atoms with E-state index in [2.05, 4.69) is 38.7 Å². The minimum atomic E-state index is -0.710. The lowest BCUT2D eigenvalue weighted by Crippen LogP contribution is -2.45. The molecule has 6 aromatic rings. The number of hydrogen-bond donors (Lipinski definition) is 8. The molecule has 0 aromatic heterocycles. The van der Waals surface area contributed by atoms with Crippen LogP contribution in [0.15, 0.2) is 170 Å². The number of nitrogens with one attached hydrogen (secondary N) is 7. The standard InChI is InChI=1S/C36H44N4O4.C30H34N4O4.C6H10O/c1-26(23-33(41)32(39-31-15-9-4-10-16-31)22-19-27-11-5-2-6-12-27)35(42)38-24-28-17-20-30(21-18-28)34(37)40-36(43)44-25-29-13-7-3-8-14-29;1-21(18-27(35)26(31)17-14-22-8-4-2-5-9-22)29(36)33-19-23-12-15-25(16-13-23)28(32)34-30(37)38-20-24-10-6-3-7-11-24;7-6-4-2-1-3-5-6/h2-3,5-8,11-14,17-18,20-21,26,31-32,39H,4,9-10,15-16,19,22-25H2,1H3,(H,38,42)(H2,37,40,43);2-13,15-16,21,26H,14,17-20,31H2,1H3,(H,33,36)(H2,32,34,37);1-5H2/t26-,32-;21-,26-;/m11./s1. The van der Waals surface area contributed by atoms with Gasteiger partial charge in [0.2, 0.25) is 11.8 Å². The van der Waals surface area contributed by atoms with Gasteiger partial charge in [-0.1, -0.05) is 209 Å². The molecule has 2 saturated carbocycles. The molecule has 89 heavy (non-hydrogen) atoms. The number of ketones is 3. The number of carbonyl (C=O) groups is 7. The Bertz CT molecular complexity index is 3170. The second-order valence-electron chi connectivity index (χ2n) is 22.9. The number of Topliss-reactive ketones (excluding diaryl/α,β-unsaturated/α-hetero) is 3. The summed E-state index contributed by atoms with van der Waals surface area (Å²) in [5.41, 5.74) is 12.8. The molecule has 6 aromatic carbocycles. The van der Waals surface area contributed by atoms with E-state index in [0.717, 1.165) is 72.8 Å². The first-order valence-electron chi connectivity index (χ1n) is 31.1. The topological polar surface area (TPSA) is 272 Å². The van der Waals surface area contributed by atoms with Gasteiger partial charge in [-0.3, -0.25) is 45.4 Å². The third-order valence-electron chi connectivity index (χ3n) is 15.6. The Kier molecular flexibility index (Phi) is 29.8. The lowest BCUT2D eigenvalue weighted by Gasteiger charge is -2.28. The van der Waals surface area contributed by atoms with Gasteiger partial charge in [0, 0.05) is 67.8 Å². The second-order valence-corrected chi connectivity index (χ2v) is 22.9. The second kappa shape index (κ2) is 38.4. The maximum absolute atomic E-state index is 13.4. The predicted molar refractivity (Wildman–Crippen MR) is 347 cm³/mol. The molecule has 4 atom stereocenters. The summed E-state index contributed by atoms with van der Waals surface area (Å²) in [4.78, 5) is 85.9. The molecule has 0 spiro atoms. The van der Waals surface area contributed by atoms with Gasteiger partial charge in [-0.2, -0.15) is 0 Å². The summed E-state index contributed by atoms with van der Waals surface area (Å²) < 4.78 is 10.3. The van der Waals surface area contributed by atoms with E-state index in [-0.39, 0.29) is 73.7 Å². The van der Waals surface area contributed by atoms with E-state index >= 15 is 0 Å². The molecule has 2 aliphatic carbocycles. The highest BCUT2D eigenvalue weighted by atomic mass is 16.6. The van der Waals surface area contributed by atoms with Crippen molar-refractivity contribution in [2.24, 2.45) is 17.6 Å². The normalized spacial score (nSPS) is 14.2. The molecule has 17 heteroatoms. The Labute approximate surface area is 524 Å². The van der Waals surface area contributed by atoms with Gasteiger partial charge in [-0.15, -0.1) is 0 Å². The van der Waals surface area contributed by atoms with Gasteiger partial charge in [0.15, 0.2) is 5.78 Å². The molecule has 0 radical (unpaired) electrons. The number of alkyl carbamates (subject to hydrolysis) is 2. The first-order valence-corrected chi connectivity index (χ1v) is 31.1. The Morgan fingerprint density at radius 3 is 1.27 bits per heavy atom. The zero-order valence-electron chi connectivity index (χ0n) is 51.4. The van der Waals surface area contributed by atoms with Gasteiger partial charge in [-0.25, -0.2) is 9.59 Å². The smallest absolute Gasteiger partial charge is 0.413 e. The molecule has 2 aliphatic rings. The van der Waals surface area contributed by atoms with Gasteiger partial charge in [0.05, 0.1) is 12.1 Å². The maximum atomic E-state index is 13.4. The first kappa shape index (κ1) is 69.2. The first-order chi connectivity index (χ1) is 43.1. The fourth-order valence-electron chi connectivity index (χ4n) is 10.2. The van der Waals surface area contributed by atoms with Crippen molar-refractivity contribution in [3.8, 4) is 0 Å². The highest BCUT2D eigenvalue weighted by Gasteiger charge is 2.27. The quantitative estimate of drug-likeness (QED) is 0.0187. The zero-order valence-corrected chi connectivity index (χ0v) is 51.4. The molecule has 2 fully saturated rings. The van der Waals surface area contributed by atoms with Crippen molar-refractivity contribution in [1.29, 1.82) is 10.8 Å². The van der Waals surface area contributed by atoms with Crippen LogP contribution in [0.2, 0.25) is 0 Å². The zero-order chi connectivity index (χ0) is 63.6. The van der Waals surface area contributed by atoms with Crippen molar-refractivity contribution < 1.29 is 43.0 Å². The Morgan fingerprint density at radius 2 is 0.865 bits per heavy atom. The van der Waals surface area contributed by atoms with E-state index in [1.807, 2.05) is 109 Å². The molecule has 470 valence electrons. The highest BCUT2D eigenvalue weighted by molar-refractivity contribution is 6.05. The fourth-order valence-corrected chi connectivity index (χ4v) is 10.2. The summed E-state index contributed by atoms with van der Waals surface area (Å²) >= 11 is 0. The summed E-state index contributed by atoms with van der Waals surface area (Å²) in [7, 11) is 0. The summed E-state index contributed by atoms with van der Waals surface area (Å²) in [6.07, 6.45) is 12.7. The number of nitrogens with two attached hydrogens (primary N) is 1. The van der Waals surface area contributed by atoms with Crippen molar-refractivity contribution in [2.75, 3.05) is 0 Å². The van der Waals surface area contributed by atoms with Crippen molar-refractivity contribution in [3.63, 3.8) is 0 Å². The molecular weight excluding hydrogens is 1120 g/mol. The maximum Gasteiger partial charge on any atom is 0.413 e. The van der Waals surface area contributed by atoms with Crippen LogP contribution in [0.4, 0.5) is 9.59 Å². The summed E-state index contributed by atoms with van der Waals surface area (Å²) in [5, 5.41) is 30.5. The molecule has 9 N–H and O–H groups in total. The predicted octanol–water partition coefficient (Wildman–Crippen LogP) is 11.7. The van der Waals surface area contributed by atoms with Gasteiger partial charge >= 0.3 is 12.2 Å². The summed E-state index contributed by atoms with van der Waals surface area (Å²) in [5.74, 6) is -1.08. The third-order valence-corrected chi connectivity index (χ3v) is 15.6. The van der Waals surface area contributed by atoms with Crippen LogP contribution in [0, 0.1) is 22.7 Å². The Hall–Kier alpha value is -8.93. The lowest BCUT2D eigenvalue weighted by molar-refractivity contribution is -0.130. The van der Waals surface area contributed by atoms with Gasteiger partial charge in [0.1, 0.15) is 36.5 Å². The van der Waals surface area contributed by atoms with Crippen LogP contribution in [-0.4, -0.2) is 71.1 Å². The van der Waals surface area contributed by atoms with E-state index < -0.39 is 30.1 Å². The number of benzene rings is 6. The molecule has 8 rings (SSSR count). The third kappa shape index (κ3) is 26.5. The van der Waals surface area contributed by atoms with Crippen LogP contribution < -0.4 is 32.3 Å². The lowest BCUT2D eigenvalue weighted by atomic mass is 9.91. The van der Waals surface area contributed by atoms with E-state index in [1.54, 1.807) is 62.4 Å². The average Bonchev–Trinajstić information content (AvgIpc) is 3.76. The summed E-state index contributed by atoms with van der Waals surface area (Å²) in [6.45, 7) is 4.32. The number of carbonyl (C=O) groups excluding carboxylic acids is 7. The van der Waals surface area contributed by atoms with Gasteiger partial charge in [0.25, 0.3) is 0 Å². The molecule has 0 heterocycles. The monoisotopic (exact) mass is 1210 g/mol. The van der Waals surface area contributed by atoms with E-state index in [1.165, 1.54) is 31.2 Å². The largest absolute Gasteiger partial charge is 0.444 e. The van der Waals surface area contributed by atoms with Gasteiger partial charge in [-0.05, 0) is 84.7 Å². The molecule has 0 bridgehead atoms. The van der Waals surface area contributed by atoms with Crippen LogP contribution >= 0.6 is 0 Å². The Morgan fingerprint density at radius 1 is 0.483 bits per heavy atom. The van der Waals surface area contributed by atoms with E-state index in [9.17, 15) is 33.6 Å². The SMILES string of the molecule is C[C@H](CC(=O)[C@@H](CCc1ccccc1)NC1CCCCC1)C(=O)NCc1ccc(C(=N)NC(=O)OCc2ccccc2)cc1.C[C@H](CC(=O)[C@H](N)CCc1ccccc1)C(=O)NCc1ccc(C(=N)NC(=O)OCc2ccccc2)cc1.O=C1CCCCC1. The molecule has 4 amide bonds. The number of amides is 4. The van der Waals surface area contributed by atoms with Crippen LogP contribution in [0.25, 0.3) is 0 Å². The molecule has 0 unspecified atom stereocenters. The van der Waals surface area contributed by atoms with Crippen molar-refractivity contribution in [2.45, 2.75) is 161 Å². The van der Waals surface area contributed by atoms with Crippen LogP contribution in [0.1, 0.15) is 148 Å². The molecular formula is C72H88N8O9. The average molecular weight is 1210 g/mol. The number of rotatable bonds is 26. The van der Waals surface area contributed by atoms with Crippen LogP contribution in [-0.2, 0) is 72.6 Å². The van der Waals surface area contributed by atoms with Crippen LogP contribution in [0.3, 0.4) is 0 Å². The van der Waals surface area contributed by atoms with Crippen molar-refractivity contribution in [1.82, 2.24) is 26.6 Å². The Balaban J connectivity index is 0.000000257. The van der Waals surface area contributed by atoms with Crippen molar-refractivity contribution >= 4 is 53.0 Å². The number of hydrogen-bond acceptors (Lipinski definition) is 13. The van der Waals surface area contributed by atoms with E-state index in [4.69, 9.17) is 26.0 Å². The summed E-state index contributed by atoms with van der Waals surface area (Å²) in [6, 6.07) is 52.0. The minimum Gasteiger partial charge on any atom is -0.444 e.